The number of aromatic hydroxyl groups is 1. The smallest absolute Gasteiger partial charge is 0.306 e. The van der Waals surface area contributed by atoms with Gasteiger partial charge in [0.05, 0.1) is 85.9 Å². The second-order valence-electron chi connectivity index (χ2n) is 11.8. The lowest BCUT2D eigenvalue weighted by molar-refractivity contribution is -0.145. The summed E-state index contributed by atoms with van der Waals surface area (Å²) in [5.41, 5.74) is 2.93. The van der Waals surface area contributed by atoms with E-state index in [1.54, 1.807) is 31.4 Å². The van der Waals surface area contributed by atoms with E-state index in [9.17, 15) is 9.90 Å². The Balaban J connectivity index is 1.23. The van der Waals surface area contributed by atoms with Crippen molar-refractivity contribution in [3.63, 3.8) is 0 Å². The normalized spacial score (nSPS) is 11.9. The van der Waals surface area contributed by atoms with Crippen molar-refractivity contribution in [1.29, 1.82) is 0 Å². The molecule has 0 fully saturated rings. The number of aromatic nitrogens is 3. The number of benzene rings is 2. The van der Waals surface area contributed by atoms with Gasteiger partial charge in [-0.2, -0.15) is 0 Å². The fourth-order valence-corrected chi connectivity index (χ4v) is 4.58. The zero-order chi connectivity index (χ0) is 34.6. The van der Waals surface area contributed by atoms with Gasteiger partial charge in [0.15, 0.2) is 0 Å². The third-order valence-corrected chi connectivity index (χ3v) is 7.15. The van der Waals surface area contributed by atoms with Gasteiger partial charge < -0.3 is 43.0 Å². The van der Waals surface area contributed by atoms with Crippen LogP contribution < -0.4 is 0 Å². The second-order valence-corrected chi connectivity index (χ2v) is 12.2. The molecule has 2 aromatic carbocycles. The Hall–Kier alpha value is -2.88. The van der Waals surface area contributed by atoms with E-state index in [0.717, 1.165) is 11.1 Å². The van der Waals surface area contributed by atoms with Crippen molar-refractivity contribution in [3.05, 3.63) is 46.5 Å². The quantitative estimate of drug-likeness (QED) is 0.0998. The largest absolute Gasteiger partial charge is 0.505 e. The predicted octanol–water partition coefficient (Wildman–Crippen LogP) is 4.30. The molecule has 13 nitrogen and oxygen atoms in total. The van der Waals surface area contributed by atoms with Crippen LogP contribution in [0.4, 0.5) is 0 Å². The van der Waals surface area contributed by atoms with Crippen LogP contribution in [-0.4, -0.2) is 126 Å². The van der Waals surface area contributed by atoms with Gasteiger partial charge in [0.25, 0.3) is 0 Å². The summed E-state index contributed by atoms with van der Waals surface area (Å²) in [7, 11) is 1.64. The first-order valence-electron chi connectivity index (χ1n) is 16.2. The van der Waals surface area contributed by atoms with Gasteiger partial charge in [-0.25, -0.2) is 0 Å². The number of carbonyl (C=O) groups excluding carboxylic acids is 1. The molecule has 0 atom stereocenters. The summed E-state index contributed by atoms with van der Waals surface area (Å²) < 4.78 is 42.8. The van der Waals surface area contributed by atoms with Crippen molar-refractivity contribution in [2.45, 2.75) is 39.0 Å². The number of esters is 1. The zero-order valence-corrected chi connectivity index (χ0v) is 29.3. The van der Waals surface area contributed by atoms with Gasteiger partial charge in [0.2, 0.25) is 0 Å². The number of fused-ring (bicyclic) bond motifs is 1. The van der Waals surface area contributed by atoms with Crippen molar-refractivity contribution in [2.75, 3.05) is 99.6 Å². The first-order chi connectivity index (χ1) is 23.2. The number of ether oxygens (including phenoxy) is 8. The highest BCUT2D eigenvalue weighted by Gasteiger charge is 2.23. The van der Waals surface area contributed by atoms with Crippen LogP contribution in [0.5, 0.6) is 5.75 Å². The molecule has 1 N–H and O–H groups in total. The molecule has 1 heterocycles. The van der Waals surface area contributed by atoms with Crippen molar-refractivity contribution < 1.29 is 47.8 Å². The number of phenolic OH excluding ortho intramolecular Hbond substituents is 1. The summed E-state index contributed by atoms with van der Waals surface area (Å²) in [5.74, 6) is -0.246. The maximum atomic E-state index is 12.4. The minimum Gasteiger partial charge on any atom is -0.505 e. The third-order valence-electron chi connectivity index (χ3n) is 6.92. The van der Waals surface area contributed by atoms with Gasteiger partial charge in [-0.15, -0.1) is 15.0 Å². The van der Waals surface area contributed by atoms with E-state index in [0.29, 0.717) is 107 Å². The molecule has 0 amide bonds. The summed E-state index contributed by atoms with van der Waals surface area (Å²) >= 11 is 6.11. The summed E-state index contributed by atoms with van der Waals surface area (Å²) in [5, 5.41) is 20.7. The summed E-state index contributed by atoms with van der Waals surface area (Å²) in [6, 6.07) is 8.94. The second kappa shape index (κ2) is 22.0. The highest BCUT2D eigenvalue weighted by atomic mass is 35.5. The molecule has 0 bridgehead atoms. The minimum absolute atomic E-state index is 0.0909. The molecule has 0 unspecified atom stereocenters. The molecule has 48 heavy (non-hydrogen) atoms. The predicted molar refractivity (Wildman–Crippen MR) is 180 cm³/mol. The molecule has 0 spiro atoms. The maximum Gasteiger partial charge on any atom is 0.306 e. The van der Waals surface area contributed by atoms with Crippen LogP contribution >= 0.6 is 11.6 Å². The van der Waals surface area contributed by atoms with E-state index in [4.69, 9.17) is 49.5 Å². The molecule has 0 aliphatic rings. The number of nitrogens with zero attached hydrogens (tertiary/aromatic N) is 3. The molecule has 3 rings (SSSR count). The standard InChI is InChI=1S/C34H50ClN3O10/c1-34(2,3)28-23-26(24-31(33(28)40)38-36-29-7-6-27(35)25-30(29)37-38)5-8-32(39)48-22-21-47-20-19-46-18-17-45-16-15-44-14-13-43-12-11-42-10-9-41-4/h6-7,23-25,40H,5,8-22H2,1-4H3. The molecule has 0 aliphatic heterocycles. The number of hydrogen-bond donors (Lipinski definition) is 1. The number of hydrogen-bond acceptors (Lipinski definition) is 12. The van der Waals surface area contributed by atoms with Gasteiger partial charge in [0, 0.05) is 24.1 Å². The van der Waals surface area contributed by atoms with E-state index < -0.39 is 0 Å². The Morgan fingerprint density at radius 1 is 0.729 bits per heavy atom. The van der Waals surface area contributed by atoms with Gasteiger partial charge in [-0.05, 0) is 41.7 Å². The topological polar surface area (TPSA) is 142 Å². The van der Waals surface area contributed by atoms with E-state index in [2.05, 4.69) is 10.2 Å². The van der Waals surface area contributed by atoms with Crippen LogP contribution in [0.2, 0.25) is 5.02 Å². The molecule has 0 saturated carbocycles. The minimum atomic E-state index is -0.356. The van der Waals surface area contributed by atoms with Gasteiger partial charge in [-0.3, -0.25) is 4.79 Å². The van der Waals surface area contributed by atoms with Crippen molar-refractivity contribution in [3.8, 4) is 11.4 Å². The maximum absolute atomic E-state index is 12.4. The van der Waals surface area contributed by atoms with Crippen molar-refractivity contribution in [2.24, 2.45) is 0 Å². The fraction of sp³-hybridized carbons (Fsp3) is 0.618. The summed E-state index contributed by atoms with van der Waals surface area (Å²) in [4.78, 5) is 13.8. The van der Waals surface area contributed by atoms with Crippen LogP contribution in [0, 0.1) is 0 Å². The van der Waals surface area contributed by atoms with Crippen LogP contribution in [0.1, 0.15) is 38.3 Å². The molecular formula is C34H50ClN3O10. The number of aryl methyl sites for hydroxylation is 1. The monoisotopic (exact) mass is 695 g/mol. The fourth-order valence-electron chi connectivity index (χ4n) is 4.42. The first kappa shape index (κ1) is 39.6. The Labute approximate surface area is 287 Å². The molecular weight excluding hydrogens is 646 g/mol. The molecule has 3 aromatic rings. The third kappa shape index (κ3) is 14.7. The average Bonchev–Trinajstić information content (AvgIpc) is 3.47. The molecule has 14 heteroatoms. The number of halogens is 1. The molecule has 268 valence electrons. The molecule has 1 aromatic heterocycles. The summed E-state index contributed by atoms with van der Waals surface area (Å²) in [6.45, 7) is 12.3. The SMILES string of the molecule is COCCOCCOCCOCCOCCOCCOCCOC(=O)CCc1cc(-n2nc3ccc(Cl)cc3n2)c(O)c(C(C)(C)C)c1. The molecule has 0 radical (unpaired) electrons. The zero-order valence-electron chi connectivity index (χ0n) is 28.5. The molecule has 0 aliphatic carbocycles. The van der Waals surface area contributed by atoms with Gasteiger partial charge in [0.1, 0.15) is 29.1 Å². The van der Waals surface area contributed by atoms with Crippen LogP contribution in [0.15, 0.2) is 30.3 Å². The highest BCUT2D eigenvalue weighted by Crippen LogP contribution is 2.36. The van der Waals surface area contributed by atoms with Crippen LogP contribution in [0.3, 0.4) is 0 Å². The van der Waals surface area contributed by atoms with Crippen LogP contribution in [0.25, 0.3) is 16.7 Å². The highest BCUT2D eigenvalue weighted by molar-refractivity contribution is 6.31. The summed E-state index contributed by atoms with van der Waals surface area (Å²) in [6.07, 6.45) is 0.593. The number of rotatable bonds is 25. The Morgan fingerprint density at radius 3 is 1.75 bits per heavy atom. The van der Waals surface area contributed by atoms with E-state index in [1.807, 2.05) is 26.8 Å². The van der Waals surface area contributed by atoms with Gasteiger partial charge >= 0.3 is 5.97 Å². The number of methoxy groups -OCH3 is 1. The van der Waals surface area contributed by atoms with E-state index in [-0.39, 0.29) is 36.8 Å². The number of phenols is 1. The lowest BCUT2D eigenvalue weighted by Crippen LogP contribution is -2.16. The van der Waals surface area contributed by atoms with Crippen LogP contribution in [-0.2, 0) is 54.5 Å². The lowest BCUT2D eigenvalue weighted by Gasteiger charge is -2.23. The lowest BCUT2D eigenvalue weighted by atomic mass is 9.84. The first-order valence-corrected chi connectivity index (χ1v) is 16.6. The van der Waals surface area contributed by atoms with Gasteiger partial charge in [-0.1, -0.05) is 38.4 Å². The molecule has 0 saturated heterocycles. The van der Waals surface area contributed by atoms with E-state index >= 15 is 0 Å². The number of carbonyl (C=O) groups is 1. The van der Waals surface area contributed by atoms with E-state index in [1.165, 1.54) is 4.80 Å². The Bertz CT molecular complexity index is 1360. The van der Waals surface area contributed by atoms with Crippen molar-refractivity contribution >= 4 is 28.6 Å². The van der Waals surface area contributed by atoms with Crippen molar-refractivity contribution in [1.82, 2.24) is 15.0 Å². The Kier molecular flexibility index (Phi) is 18.1. The Morgan fingerprint density at radius 2 is 1.23 bits per heavy atom. The average molecular weight is 696 g/mol.